The minimum Gasteiger partial charge on any atom is -0.459 e. The van der Waals surface area contributed by atoms with Gasteiger partial charge in [-0.2, -0.15) is 0 Å². The van der Waals surface area contributed by atoms with Crippen LogP contribution >= 0.6 is 11.3 Å². The Kier molecular flexibility index (Phi) is 5.22. The second-order valence-corrected chi connectivity index (χ2v) is 7.36. The SMILES string of the molecule is Cc1nc(-c2cccc(NC(=O)c3ccc(NC(=O)c4ccco4)cc3)c2)cs1. The highest BCUT2D eigenvalue weighted by molar-refractivity contribution is 7.09. The number of amides is 2. The first-order chi connectivity index (χ1) is 14.1. The zero-order valence-corrected chi connectivity index (χ0v) is 16.3. The monoisotopic (exact) mass is 403 g/mol. The van der Waals surface area contributed by atoms with Crippen LogP contribution in [0.25, 0.3) is 11.3 Å². The van der Waals surface area contributed by atoms with Crippen LogP contribution in [0.5, 0.6) is 0 Å². The summed E-state index contributed by atoms with van der Waals surface area (Å²) >= 11 is 1.59. The lowest BCUT2D eigenvalue weighted by Crippen LogP contribution is -2.13. The molecule has 0 aliphatic heterocycles. The van der Waals surface area contributed by atoms with Crippen molar-refractivity contribution in [3.8, 4) is 11.3 Å². The van der Waals surface area contributed by atoms with E-state index in [9.17, 15) is 9.59 Å². The van der Waals surface area contributed by atoms with Crippen LogP contribution in [0, 0.1) is 6.92 Å². The van der Waals surface area contributed by atoms with E-state index >= 15 is 0 Å². The number of benzene rings is 2. The summed E-state index contributed by atoms with van der Waals surface area (Å²) in [4.78, 5) is 29.0. The Labute approximate surface area is 171 Å². The molecule has 2 heterocycles. The van der Waals surface area contributed by atoms with Gasteiger partial charge in [0, 0.05) is 27.9 Å². The average Bonchev–Trinajstić information content (AvgIpc) is 3.41. The number of hydrogen-bond donors (Lipinski definition) is 2. The number of rotatable bonds is 5. The van der Waals surface area contributed by atoms with Gasteiger partial charge < -0.3 is 15.1 Å². The van der Waals surface area contributed by atoms with E-state index in [1.165, 1.54) is 6.26 Å². The fourth-order valence-corrected chi connectivity index (χ4v) is 3.38. The number of carbonyl (C=O) groups excluding carboxylic acids is 2. The minimum atomic E-state index is -0.346. The van der Waals surface area contributed by atoms with E-state index in [4.69, 9.17) is 4.42 Å². The molecule has 0 aliphatic rings. The number of thiazole rings is 1. The number of aryl methyl sites for hydroxylation is 1. The lowest BCUT2D eigenvalue weighted by Gasteiger charge is -2.08. The summed E-state index contributed by atoms with van der Waals surface area (Å²) in [6, 6.07) is 17.4. The average molecular weight is 403 g/mol. The molecule has 0 radical (unpaired) electrons. The summed E-state index contributed by atoms with van der Waals surface area (Å²) in [5.41, 5.74) is 3.58. The van der Waals surface area contributed by atoms with Gasteiger partial charge in [-0.25, -0.2) is 4.98 Å². The van der Waals surface area contributed by atoms with Gasteiger partial charge in [-0.1, -0.05) is 12.1 Å². The van der Waals surface area contributed by atoms with Gasteiger partial charge in [-0.3, -0.25) is 9.59 Å². The van der Waals surface area contributed by atoms with Gasteiger partial charge in [0.05, 0.1) is 17.0 Å². The predicted octanol–water partition coefficient (Wildman–Crippen LogP) is 5.22. The number of aromatic nitrogens is 1. The zero-order valence-electron chi connectivity index (χ0n) is 15.5. The van der Waals surface area contributed by atoms with Gasteiger partial charge in [0.25, 0.3) is 11.8 Å². The molecule has 2 amide bonds. The van der Waals surface area contributed by atoms with Crippen molar-refractivity contribution in [2.75, 3.05) is 10.6 Å². The van der Waals surface area contributed by atoms with Crippen molar-refractivity contribution in [3.05, 3.63) is 88.6 Å². The first-order valence-electron chi connectivity index (χ1n) is 8.87. The molecule has 2 aromatic heterocycles. The zero-order chi connectivity index (χ0) is 20.2. The molecule has 4 rings (SSSR count). The van der Waals surface area contributed by atoms with Crippen LogP contribution in [0.4, 0.5) is 11.4 Å². The number of anilines is 2. The molecule has 0 saturated heterocycles. The molecule has 0 unspecified atom stereocenters. The van der Waals surface area contributed by atoms with Crippen molar-refractivity contribution in [2.24, 2.45) is 0 Å². The van der Waals surface area contributed by atoms with E-state index in [2.05, 4.69) is 15.6 Å². The molecule has 29 heavy (non-hydrogen) atoms. The Balaban J connectivity index is 1.43. The highest BCUT2D eigenvalue weighted by atomic mass is 32.1. The van der Waals surface area contributed by atoms with Crippen LogP contribution < -0.4 is 10.6 Å². The lowest BCUT2D eigenvalue weighted by atomic mass is 10.1. The number of hydrogen-bond acceptors (Lipinski definition) is 5. The quantitative estimate of drug-likeness (QED) is 0.479. The first kappa shape index (κ1) is 18.6. The Morgan fingerprint density at radius 3 is 2.41 bits per heavy atom. The Morgan fingerprint density at radius 2 is 1.72 bits per heavy atom. The number of nitrogens with zero attached hydrogens (tertiary/aromatic N) is 1. The minimum absolute atomic E-state index is 0.224. The second kappa shape index (κ2) is 8.12. The summed E-state index contributed by atoms with van der Waals surface area (Å²) in [7, 11) is 0. The summed E-state index contributed by atoms with van der Waals surface area (Å²) in [6.07, 6.45) is 1.44. The van der Waals surface area contributed by atoms with Crippen LogP contribution in [0.1, 0.15) is 25.9 Å². The first-order valence-corrected chi connectivity index (χ1v) is 9.75. The third kappa shape index (κ3) is 4.41. The van der Waals surface area contributed by atoms with E-state index in [0.717, 1.165) is 16.3 Å². The van der Waals surface area contributed by atoms with Gasteiger partial charge in [-0.15, -0.1) is 11.3 Å². The van der Waals surface area contributed by atoms with Crippen molar-refractivity contribution >= 4 is 34.5 Å². The molecule has 0 spiro atoms. The van der Waals surface area contributed by atoms with Crippen LogP contribution in [0.2, 0.25) is 0 Å². The van der Waals surface area contributed by atoms with E-state index in [-0.39, 0.29) is 17.6 Å². The highest BCUT2D eigenvalue weighted by Crippen LogP contribution is 2.24. The molecule has 144 valence electrons. The summed E-state index contributed by atoms with van der Waals surface area (Å²) in [5.74, 6) is -0.358. The van der Waals surface area contributed by atoms with Gasteiger partial charge in [0.15, 0.2) is 5.76 Å². The Morgan fingerprint density at radius 1 is 0.931 bits per heavy atom. The van der Waals surface area contributed by atoms with Crippen LogP contribution in [-0.4, -0.2) is 16.8 Å². The van der Waals surface area contributed by atoms with Crippen molar-refractivity contribution < 1.29 is 14.0 Å². The van der Waals surface area contributed by atoms with Gasteiger partial charge in [0.2, 0.25) is 0 Å². The van der Waals surface area contributed by atoms with Gasteiger partial charge in [0.1, 0.15) is 0 Å². The molecule has 0 aliphatic carbocycles. The molecule has 7 heteroatoms. The molecular formula is C22H17N3O3S. The lowest BCUT2D eigenvalue weighted by molar-refractivity contribution is 0.0995. The van der Waals surface area contributed by atoms with Crippen molar-refractivity contribution in [1.82, 2.24) is 4.98 Å². The van der Waals surface area contributed by atoms with Crippen LogP contribution in [0.3, 0.4) is 0 Å². The maximum Gasteiger partial charge on any atom is 0.291 e. The van der Waals surface area contributed by atoms with Crippen molar-refractivity contribution in [3.63, 3.8) is 0 Å². The standard InChI is InChI=1S/C22H17N3O3S/c1-14-23-19(13-29-14)16-4-2-5-18(12-16)25-21(26)15-7-9-17(10-8-15)24-22(27)20-6-3-11-28-20/h2-13H,1H3,(H,24,27)(H,25,26). The Bertz CT molecular complexity index is 1150. The molecule has 4 aromatic rings. The van der Waals surface area contributed by atoms with E-state index in [0.29, 0.717) is 16.9 Å². The van der Waals surface area contributed by atoms with E-state index in [1.54, 1.807) is 47.7 Å². The largest absolute Gasteiger partial charge is 0.459 e. The summed E-state index contributed by atoms with van der Waals surface area (Å²) < 4.78 is 5.06. The second-order valence-electron chi connectivity index (χ2n) is 6.30. The Hall–Kier alpha value is -3.71. The third-order valence-electron chi connectivity index (χ3n) is 4.19. The smallest absolute Gasteiger partial charge is 0.291 e. The van der Waals surface area contributed by atoms with Crippen molar-refractivity contribution in [2.45, 2.75) is 6.92 Å². The fourth-order valence-electron chi connectivity index (χ4n) is 2.76. The topological polar surface area (TPSA) is 84.2 Å². The molecule has 6 nitrogen and oxygen atoms in total. The summed E-state index contributed by atoms with van der Waals surface area (Å²) in [5, 5.41) is 8.60. The molecular weight excluding hydrogens is 386 g/mol. The third-order valence-corrected chi connectivity index (χ3v) is 4.96. The van der Waals surface area contributed by atoms with E-state index in [1.807, 2.05) is 36.6 Å². The molecule has 2 aromatic carbocycles. The van der Waals surface area contributed by atoms with Gasteiger partial charge in [-0.05, 0) is 55.5 Å². The maximum atomic E-state index is 12.6. The number of furan rings is 1. The number of nitrogens with one attached hydrogen (secondary N) is 2. The molecule has 0 saturated carbocycles. The highest BCUT2D eigenvalue weighted by Gasteiger charge is 2.11. The van der Waals surface area contributed by atoms with E-state index < -0.39 is 0 Å². The fraction of sp³-hybridized carbons (Fsp3) is 0.0455. The van der Waals surface area contributed by atoms with Crippen LogP contribution in [0.15, 0.2) is 76.7 Å². The molecule has 0 atom stereocenters. The normalized spacial score (nSPS) is 10.5. The van der Waals surface area contributed by atoms with Gasteiger partial charge >= 0.3 is 0 Å². The predicted molar refractivity (Wildman–Crippen MR) is 113 cm³/mol. The van der Waals surface area contributed by atoms with Crippen LogP contribution in [-0.2, 0) is 0 Å². The molecule has 0 bridgehead atoms. The summed E-state index contributed by atoms with van der Waals surface area (Å²) in [6.45, 7) is 1.96. The maximum absolute atomic E-state index is 12.6. The van der Waals surface area contributed by atoms with Crippen molar-refractivity contribution in [1.29, 1.82) is 0 Å². The number of carbonyl (C=O) groups is 2. The molecule has 2 N–H and O–H groups in total. The molecule has 0 fully saturated rings.